The number of aryl methyl sites for hydroxylation is 1. The molecule has 2 bridgehead atoms. The number of hydrogen-bond donors (Lipinski definition) is 1. The number of rotatable bonds is 4. The zero-order valence-electron chi connectivity index (χ0n) is 19.2. The fourth-order valence-electron chi connectivity index (χ4n) is 5.10. The number of nitrogens with one attached hydrogen (secondary N) is 1. The number of hydrogen-bond acceptors (Lipinski definition) is 6. The predicted octanol–water partition coefficient (Wildman–Crippen LogP) is 3.86. The molecule has 6 rings (SSSR count). The third kappa shape index (κ3) is 3.49. The van der Waals surface area contributed by atoms with Gasteiger partial charge in [0.15, 0.2) is 0 Å². The van der Waals surface area contributed by atoms with Gasteiger partial charge in [-0.25, -0.2) is 15.0 Å². The quantitative estimate of drug-likeness (QED) is 0.508. The Morgan fingerprint density at radius 3 is 2.62 bits per heavy atom. The number of aromatic nitrogens is 3. The first-order valence-electron chi connectivity index (χ1n) is 11.5. The van der Waals surface area contributed by atoms with Gasteiger partial charge >= 0.3 is 0 Å². The molecule has 2 aromatic carbocycles. The SMILES string of the molecule is COc1ccc(-c2ccc3ncnc(-c4ccc(C)c(C(=O)N5CC6CC5CN6)c4)c3c2)cn1. The van der Waals surface area contributed by atoms with Crippen LogP contribution in [-0.2, 0) is 0 Å². The number of piperazine rings is 1. The van der Waals surface area contributed by atoms with E-state index in [-0.39, 0.29) is 5.91 Å². The zero-order chi connectivity index (χ0) is 23.2. The van der Waals surface area contributed by atoms with Gasteiger partial charge in [-0.15, -0.1) is 0 Å². The summed E-state index contributed by atoms with van der Waals surface area (Å²) in [5, 5.41) is 4.40. The Balaban J connectivity index is 1.41. The summed E-state index contributed by atoms with van der Waals surface area (Å²) < 4.78 is 5.18. The van der Waals surface area contributed by atoms with E-state index in [4.69, 9.17) is 4.74 Å². The molecule has 0 aliphatic carbocycles. The Morgan fingerprint density at radius 1 is 1.03 bits per heavy atom. The van der Waals surface area contributed by atoms with Gasteiger partial charge in [-0.1, -0.05) is 18.2 Å². The first-order chi connectivity index (χ1) is 16.6. The van der Waals surface area contributed by atoms with Gasteiger partial charge in [0.25, 0.3) is 5.91 Å². The minimum absolute atomic E-state index is 0.108. The smallest absolute Gasteiger partial charge is 0.254 e. The molecule has 7 nitrogen and oxygen atoms in total. The highest BCUT2D eigenvalue weighted by Gasteiger charge is 2.40. The van der Waals surface area contributed by atoms with Crippen molar-refractivity contribution in [2.75, 3.05) is 20.2 Å². The molecule has 2 aliphatic heterocycles. The highest BCUT2D eigenvalue weighted by molar-refractivity contribution is 6.00. The van der Waals surface area contributed by atoms with Crippen LogP contribution in [0.3, 0.4) is 0 Å². The Labute approximate surface area is 197 Å². The van der Waals surface area contributed by atoms with E-state index >= 15 is 0 Å². The monoisotopic (exact) mass is 451 g/mol. The molecule has 2 fully saturated rings. The molecule has 7 heteroatoms. The Kier molecular flexibility index (Phi) is 4.99. The van der Waals surface area contributed by atoms with Gasteiger partial charge in [0.2, 0.25) is 5.88 Å². The molecule has 1 N–H and O–H groups in total. The minimum Gasteiger partial charge on any atom is -0.481 e. The Hall–Kier alpha value is -3.84. The number of amides is 1. The molecule has 0 radical (unpaired) electrons. The topological polar surface area (TPSA) is 80.2 Å². The summed E-state index contributed by atoms with van der Waals surface area (Å²) >= 11 is 0. The fourth-order valence-corrected chi connectivity index (χ4v) is 5.10. The average molecular weight is 452 g/mol. The summed E-state index contributed by atoms with van der Waals surface area (Å²) in [5.41, 5.74) is 6.30. The normalized spacial score (nSPS) is 19.1. The number of carbonyl (C=O) groups is 1. The van der Waals surface area contributed by atoms with Gasteiger partial charge in [-0.05, 0) is 48.7 Å². The summed E-state index contributed by atoms with van der Waals surface area (Å²) in [4.78, 5) is 28.9. The van der Waals surface area contributed by atoms with Crippen molar-refractivity contribution in [2.24, 2.45) is 0 Å². The van der Waals surface area contributed by atoms with Crippen molar-refractivity contribution in [3.05, 3.63) is 72.2 Å². The first-order valence-corrected chi connectivity index (χ1v) is 11.5. The van der Waals surface area contributed by atoms with Crippen molar-refractivity contribution in [3.63, 3.8) is 0 Å². The van der Waals surface area contributed by atoms with E-state index in [1.54, 1.807) is 19.6 Å². The van der Waals surface area contributed by atoms with Crippen LogP contribution in [0.1, 0.15) is 22.3 Å². The minimum atomic E-state index is 0.108. The van der Waals surface area contributed by atoms with Crippen LogP contribution in [0.5, 0.6) is 5.88 Å². The lowest BCUT2D eigenvalue weighted by atomic mass is 9.98. The molecule has 0 saturated carbocycles. The molecule has 0 spiro atoms. The molecule has 1 amide bonds. The Morgan fingerprint density at radius 2 is 1.88 bits per heavy atom. The van der Waals surface area contributed by atoms with E-state index in [0.717, 1.165) is 63.9 Å². The van der Waals surface area contributed by atoms with Gasteiger partial charge in [0.05, 0.1) is 18.3 Å². The summed E-state index contributed by atoms with van der Waals surface area (Å²) in [6.45, 7) is 3.66. The molecule has 2 saturated heterocycles. The highest BCUT2D eigenvalue weighted by atomic mass is 16.5. The molecule has 2 aromatic heterocycles. The van der Waals surface area contributed by atoms with E-state index in [2.05, 4.69) is 26.3 Å². The molecule has 170 valence electrons. The molecule has 2 unspecified atom stereocenters. The second-order valence-corrected chi connectivity index (χ2v) is 9.03. The van der Waals surface area contributed by atoms with Crippen LogP contribution in [-0.4, -0.2) is 58.0 Å². The lowest BCUT2D eigenvalue weighted by Gasteiger charge is -2.28. The van der Waals surface area contributed by atoms with Gasteiger partial charge in [0, 0.05) is 59.5 Å². The summed E-state index contributed by atoms with van der Waals surface area (Å²) in [5.74, 6) is 0.684. The number of pyridine rings is 1. The van der Waals surface area contributed by atoms with E-state index in [9.17, 15) is 4.79 Å². The van der Waals surface area contributed by atoms with Crippen LogP contribution in [0.25, 0.3) is 33.3 Å². The van der Waals surface area contributed by atoms with Crippen molar-refractivity contribution in [1.82, 2.24) is 25.2 Å². The maximum atomic E-state index is 13.4. The van der Waals surface area contributed by atoms with Gasteiger partial charge in [-0.3, -0.25) is 4.79 Å². The van der Waals surface area contributed by atoms with Crippen molar-refractivity contribution in [3.8, 4) is 28.3 Å². The maximum Gasteiger partial charge on any atom is 0.254 e. The number of benzene rings is 2. The third-order valence-corrected chi connectivity index (χ3v) is 6.97. The number of nitrogens with zero attached hydrogens (tertiary/aromatic N) is 4. The van der Waals surface area contributed by atoms with Crippen molar-refractivity contribution < 1.29 is 9.53 Å². The average Bonchev–Trinajstić information content (AvgIpc) is 3.52. The standard InChI is InChI=1S/C27H25N5O2/c1-16-3-4-18(10-22(16)27(33)32-14-20-11-21(32)13-28-20)26-23-9-17(5-7-24(23)30-15-31-26)19-6-8-25(34-2)29-12-19/h3-10,12,15,20-21,28H,11,13-14H2,1-2H3. The lowest BCUT2D eigenvalue weighted by molar-refractivity contribution is 0.0715. The summed E-state index contributed by atoms with van der Waals surface area (Å²) in [6.07, 6.45) is 4.42. The number of carbonyl (C=O) groups excluding carboxylic acids is 1. The summed E-state index contributed by atoms with van der Waals surface area (Å²) in [6, 6.07) is 16.7. The second-order valence-electron chi connectivity index (χ2n) is 9.03. The lowest BCUT2D eigenvalue weighted by Crippen LogP contribution is -2.46. The third-order valence-electron chi connectivity index (χ3n) is 6.97. The molecule has 34 heavy (non-hydrogen) atoms. The molecule has 2 atom stereocenters. The van der Waals surface area contributed by atoms with Crippen LogP contribution in [0.4, 0.5) is 0 Å². The van der Waals surface area contributed by atoms with Crippen LogP contribution >= 0.6 is 0 Å². The van der Waals surface area contributed by atoms with E-state index < -0.39 is 0 Å². The van der Waals surface area contributed by atoms with Gasteiger partial charge in [-0.2, -0.15) is 0 Å². The van der Waals surface area contributed by atoms with Crippen molar-refractivity contribution in [1.29, 1.82) is 0 Å². The Bertz CT molecular complexity index is 1400. The zero-order valence-corrected chi connectivity index (χ0v) is 19.2. The van der Waals surface area contributed by atoms with Crippen molar-refractivity contribution in [2.45, 2.75) is 25.4 Å². The summed E-state index contributed by atoms with van der Waals surface area (Å²) in [7, 11) is 1.60. The predicted molar refractivity (Wildman–Crippen MR) is 131 cm³/mol. The molecular weight excluding hydrogens is 426 g/mol. The first kappa shape index (κ1) is 20.7. The molecule has 2 aliphatic rings. The van der Waals surface area contributed by atoms with Crippen molar-refractivity contribution >= 4 is 16.8 Å². The molecule has 4 heterocycles. The number of methoxy groups -OCH3 is 1. The highest BCUT2D eigenvalue weighted by Crippen LogP contribution is 2.32. The number of likely N-dealkylation sites (tertiary alicyclic amines) is 1. The maximum absolute atomic E-state index is 13.4. The number of fused-ring (bicyclic) bond motifs is 3. The van der Waals surface area contributed by atoms with Crippen LogP contribution < -0.4 is 10.1 Å². The largest absolute Gasteiger partial charge is 0.481 e. The van der Waals surface area contributed by atoms with E-state index in [1.165, 1.54) is 0 Å². The van der Waals surface area contributed by atoms with Gasteiger partial charge in [0.1, 0.15) is 6.33 Å². The van der Waals surface area contributed by atoms with E-state index in [1.807, 2.05) is 54.3 Å². The number of ether oxygens (including phenoxy) is 1. The van der Waals surface area contributed by atoms with Crippen LogP contribution in [0, 0.1) is 6.92 Å². The molecule has 4 aromatic rings. The van der Waals surface area contributed by atoms with Crippen LogP contribution in [0.15, 0.2) is 61.1 Å². The van der Waals surface area contributed by atoms with Gasteiger partial charge < -0.3 is 15.0 Å². The second kappa shape index (κ2) is 8.18. The fraction of sp³-hybridized carbons (Fsp3) is 0.259. The van der Waals surface area contributed by atoms with Crippen LogP contribution in [0.2, 0.25) is 0 Å². The molecular formula is C27H25N5O2. The van der Waals surface area contributed by atoms with E-state index in [0.29, 0.717) is 18.0 Å².